The quantitative estimate of drug-likeness (QED) is 0.180. The minimum atomic E-state index is -1.23. The number of piperidine rings is 2. The number of carboxylic acid groups (broad SMARTS) is 1. The highest BCUT2D eigenvalue weighted by Gasteiger charge is 2.34. The SMILES string of the molecule is C[C@@H]1N[C@H](CC[C@H](O)CCCCCC[C@](O)(CNC2(C)CCNCC2)CC(=O)O)CC[C@H]1O. The Balaban J connectivity index is 1.59. The molecule has 8 nitrogen and oxygen atoms in total. The van der Waals surface area contributed by atoms with Crippen molar-refractivity contribution in [2.24, 2.45) is 0 Å². The van der Waals surface area contributed by atoms with Crippen LogP contribution in [0.3, 0.4) is 0 Å². The number of rotatable bonds is 15. The monoisotopic (exact) mass is 471 g/mol. The van der Waals surface area contributed by atoms with E-state index in [9.17, 15) is 25.2 Å². The predicted octanol–water partition coefficient (Wildman–Crippen LogP) is 1.91. The van der Waals surface area contributed by atoms with Crippen LogP contribution in [0.1, 0.15) is 97.3 Å². The highest BCUT2D eigenvalue weighted by Crippen LogP contribution is 2.24. The van der Waals surface area contributed by atoms with Crippen molar-refractivity contribution in [3.63, 3.8) is 0 Å². The molecule has 0 unspecified atom stereocenters. The van der Waals surface area contributed by atoms with Gasteiger partial charge in [-0.05, 0) is 78.3 Å². The molecular formula is C25H49N3O5. The van der Waals surface area contributed by atoms with E-state index in [-0.39, 0.29) is 30.2 Å². The van der Waals surface area contributed by atoms with Gasteiger partial charge in [0.2, 0.25) is 0 Å². The fraction of sp³-hybridized carbons (Fsp3) is 0.960. The Bertz CT molecular complexity index is 572. The lowest BCUT2D eigenvalue weighted by Gasteiger charge is -2.38. The third-order valence-corrected chi connectivity index (χ3v) is 7.70. The molecule has 2 aliphatic heterocycles. The maximum atomic E-state index is 11.3. The Morgan fingerprint density at radius 1 is 1.15 bits per heavy atom. The third kappa shape index (κ3) is 11.0. The van der Waals surface area contributed by atoms with E-state index < -0.39 is 11.6 Å². The largest absolute Gasteiger partial charge is 0.481 e. The molecule has 0 amide bonds. The molecule has 2 rings (SSSR count). The first-order valence-corrected chi connectivity index (χ1v) is 13.1. The van der Waals surface area contributed by atoms with E-state index in [0.29, 0.717) is 19.0 Å². The molecule has 2 heterocycles. The number of carboxylic acids is 1. The summed E-state index contributed by atoms with van der Waals surface area (Å²) in [5.41, 5.74) is -1.28. The molecule has 5 atom stereocenters. The molecule has 0 bridgehead atoms. The van der Waals surface area contributed by atoms with Crippen molar-refractivity contribution in [3.8, 4) is 0 Å². The van der Waals surface area contributed by atoms with Crippen molar-refractivity contribution in [1.82, 2.24) is 16.0 Å². The Hall–Kier alpha value is -0.770. The van der Waals surface area contributed by atoms with Crippen molar-refractivity contribution >= 4 is 5.97 Å². The molecule has 8 heteroatoms. The molecule has 0 aromatic heterocycles. The van der Waals surface area contributed by atoms with Gasteiger partial charge in [-0.3, -0.25) is 4.79 Å². The molecule has 0 saturated carbocycles. The summed E-state index contributed by atoms with van der Waals surface area (Å²) in [6, 6.07) is 0.504. The van der Waals surface area contributed by atoms with Crippen LogP contribution in [0.4, 0.5) is 0 Å². The van der Waals surface area contributed by atoms with Gasteiger partial charge in [0, 0.05) is 24.2 Å². The van der Waals surface area contributed by atoms with Gasteiger partial charge in [0.15, 0.2) is 0 Å². The molecule has 0 aliphatic carbocycles. The van der Waals surface area contributed by atoms with E-state index in [1.807, 2.05) is 6.92 Å². The van der Waals surface area contributed by atoms with Crippen molar-refractivity contribution in [1.29, 1.82) is 0 Å². The number of nitrogens with one attached hydrogen (secondary N) is 3. The molecule has 0 aromatic rings. The van der Waals surface area contributed by atoms with Crippen LogP contribution in [0.2, 0.25) is 0 Å². The zero-order valence-electron chi connectivity index (χ0n) is 20.8. The van der Waals surface area contributed by atoms with Gasteiger partial charge in [0.05, 0.1) is 24.2 Å². The molecule has 0 aromatic carbocycles. The number of β-amino-alcohol motifs (C(OH)–C–C–N with tert-alkyl or cyclic N) is 1. The summed E-state index contributed by atoms with van der Waals surface area (Å²) in [4.78, 5) is 11.3. The van der Waals surface area contributed by atoms with E-state index in [0.717, 1.165) is 83.7 Å². The van der Waals surface area contributed by atoms with Crippen molar-refractivity contribution < 1.29 is 25.2 Å². The summed E-state index contributed by atoms with van der Waals surface area (Å²) in [6.45, 7) is 6.33. The summed E-state index contributed by atoms with van der Waals surface area (Å²) >= 11 is 0. The van der Waals surface area contributed by atoms with Crippen LogP contribution in [-0.2, 0) is 4.79 Å². The minimum Gasteiger partial charge on any atom is -0.481 e. The van der Waals surface area contributed by atoms with Crippen LogP contribution >= 0.6 is 0 Å². The summed E-state index contributed by atoms with van der Waals surface area (Å²) in [7, 11) is 0. The minimum absolute atomic E-state index is 0.0567. The maximum absolute atomic E-state index is 11.3. The second-order valence-electron chi connectivity index (χ2n) is 10.9. The van der Waals surface area contributed by atoms with Gasteiger partial charge >= 0.3 is 5.97 Å². The van der Waals surface area contributed by atoms with Crippen LogP contribution in [0.15, 0.2) is 0 Å². The molecule has 7 N–H and O–H groups in total. The van der Waals surface area contributed by atoms with Crippen LogP contribution < -0.4 is 16.0 Å². The fourth-order valence-corrected chi connectivity index (χ4v) is 5.20. The summed E-state index contributed by atoms with van der Waals surface area (Å²) in [6.07, 6.45) is 9.51. The van der Waals surface area contributed by atoms with Crippen molar-refractivity contribution in [2.45, 2.75) is 133 Å². The number of aliphatic carboxylic acids is 1. The Morgan fingerprint density at radius 3 is 2.52 bits per heavy atom. The normalized spacial score (nSPS) is 28.2. The fourth-order valence-electron chi connectivity index (χ4n) is 5.20. The Labute approximate surface area is 199 Å². The number of aliphatic hydroxyl groups excluding tert-OH is 2. The molecule has 0 spiro atoms. The summed E-state index contributed by atoms with van der Waals surface area (Å²) in [5.74, 6) is -0.964. The zero-order chi connectivity index (χ0) is 24.3. The zero-order valence-corrected chi connectivity index (χ0v) is 20.8. The van der Waals surface area contributed by atoms with E-state index in [4.69, 9.17) is 0 Å². The van der Waals surface area contributed by atoms with E-state index >= 15 is 0 Å². The van der Waals surface area contributed by atoms with E-state index in [1.165, 1.54) is 0 Å². The lowest BCUT2D eigenvalue weighted by atomic mass is 9.87. The molecule has 2 fully saturated rings. The second-order valence-corrected chi connectivity index (χ2v) is 10.9. The molecule has 33 heavy (non-hydrogen) atoms. The first-order valence-electron chi connectivity index (χ1n) is 13.1. The van der Waals surface area contributed by atoms with Crippen LogP contribution in [0, 0.1) is 0 Å². The van der Waals surface area contributed by atoms with Crippen molar-refractivity contribution in [3.05, 3.63) is 0 Å². The number of carbonyl (C=O) groups is 1. The van der Waals surface area contributed by atoms with Crippen LogP contribution in [0.25, 0.3) is 0 Å². The topological polar surface area (TPSA) is 134 Å². The second kappa shape index (κ2) is 14.0. The maximum Gasteiger partial charge on any atom is 0.306 e. The molecule has 2 aliphatic rings. The van der Waals surface area contributed by atoms with Crippen LogP contribution in [-0.4, -0.2) is 81.5 Å². The van der Waals surface area contributed by atoms with Gasteiger partial charge in [-0.2, -0.15) is 0 Å². The highest BCUT2D eigenvalue weighted by atomic mass is 16.4. The molecule has 2 saturated heterocycles. The van der Waals surface area contributed by atoms with Gasteiger partial charge in [0.1, 0.15) is 0 Å². The van der Waals surface area contributed by atoms with E-state index in [2.05, 4.69) is 22.9 Å². The molecule has 194 valence electrons. The van der Waals surface area contributed by atoms with Gasteiger partial charge in [-0.1, -0.05) is 25.7 Å². The third-order valence-electron chi connectivity index (χ3n) is 7.70. The van der Waals surface area contributed by atoms with E-state index in [1.54, 1.807) is 0 Å². The summed E-state index contributed by atoms with van der Waals surface area (Å²) < 4.78 is 0. The predicted molar refractivity (Wildman–Crippen MR) is 130 cm³/mol. The average Bonchev–Trinajstić information content (AvgIpc) is 2.76. The first kappa shape index (κ1) is 28.5. The Kier molecular flexibility index (Phi) is 12.0. The van der Waals surface area contributed by atoms with Gasteiger partial charge < -0.3 is 36.4 Å². The van der Waals surface area contributed by atoms with Crippen LogP contribution in [0.5, 0.6) is 0 Å². The smallest absolute Gasteiger partial charge is 0.306 e. The Morgan fingerprint density at radius 2 is 1.85 bits per heavy atom. The lowest BCUT2D eigenvalue weighted by Crippen LogP contribution is -2.55. The molecular weight excluding hydrogens is 422 g/mol. The lowest BCUT2D eigenvalue weighted by molar-refractivity contribution is -0.143. The number of aliphatic hydroxyl groups is 3. The standard InChI is InChI=1S/C25H49N3O5/c1-19-22(30)11-9-20(28-19)8-10-21(29)7-5-3-4-6-12-25(33,17-23(31)32)18-27-24(2)13-15-26-16-14-24/h19-22,26-30,33H,3-18H2,1-2H3,(H,31,32)/t19-,20+,21+,22+,25+/m0/s1. The van der Waals surface area contributed by atoms with Gasteiger partial charge in [0.25, 0.3) is 0 Å². The average molecular weight is 472 g/mol. The summed E-state index contributed by atoms with van der Waals surface area (Å²) in [5, 5.41) is 50.6. The number of hydrogen-bond donors (Lipinski definition) is 7. The molecule has 0 radical (unpaired) electrons. The van der Waals surface area contributed by atoms with Crippen molar-refractivity contribution in [2.75, 3.05) is 19.6 Å². The number of hydrogen-bond acceptors (Lipinski definition) is 7. The van der Waals surface area contributed by atoms with Gasteiger partial charge in [-0.15, -0.1) is 0 Å². The van der Waals surface area contributed by atoms with Gasteiger partial charge in [-0.25, -0.2) is 0 Å². The highest BCUT2D eigenvalue weighted by molar-refractivity contribution is 5.68. The number of unbranched alkanes of at least 4 members (excludes halogenated alkanes) is 3. The first-order chi connectivity index (χ1) is 15.6.